The van der Waals surface area contributed by atoms with Gasteiger partial charge in [0.1, 0.15) is 0 Å². The second-order valence-corrected chi connectivity index (χ2v) is 6.73. The molecule has 0 bridgehead atoms. The third kappa shape index (κ3) is 2.82. The van der Waals surface area contributed by atoms with Crippen molar-refractivity contribution in [3.63, 3.8) is 0 Å². The van der Waals surface area contributed by atoms with Crippen molar-refractivity contribution in [2.24, 2.45) is 11.3 Å². The summed E-state index contributed by atoms with van der Waals surface area (Å²) in [4.78, 5) is 28.3. The Bertz CT molecular complexity index is 397. The predicted molar refractivity (Wildman–Crippen MR) is 76.4 cm³/mol. The number of fused-ring (bicyclic) bond motifs is 1. The van der Waals surface area contributed by atoms with Crippen LogP contribution in [0.5, 0.6) is 0 Å². The number of amides is 1. The summed E-state index contributed by atoms with van der Waals surface area (Å²) in [7, 11) is 0. The first kappa shape index (κ1) is 15.3. The van der Waals surface area contributed by atoms with E-state index in [2.05, 4.69) is 4.90 Å². The topological polar surface area (TPSA) is 60.9 Å². The van der Waals surface area contributed by atoms with E-state index in [1.165, 1.54) is 6.42 Å². The normalized spacial score (nSPS) is 26.4. The zero-order chi connectivity index (χ0) is 14.9. The quantitative estimate of drug-likeness (QED) is 0.847. The van der Waals surface area contributed by atoms with Gasteiger partial charge in [0.25, 0.3) is 0 Å². The standard InChI is InChI=1S/C15H26N2O3/c1-11(2)15(3,14(19)20)9-13(18)17-8-7-16-6-4-5-12(16)10-17/h11-12H,4-10H2,1-3H3,(H,19,20). The summed E-state index contributed by atoms with van der Waals surface area (Å²) in [5.74, 6) is -0.938. The highest BCUT2D eigenvalue weighted by Gasteiger charge is 2.41. The van der Waals surface area contributed by atoms with Crippen molar-refractivity contribution in [1.29, 1.82) is 0 Å². The van der Waals surface area contributed by atoms with Gasteiger partial charge in [-0.05, 0) is 32.2 Å². The Kier molecular flexibility index (Phi) is 4.37. The van der Waals surface area contributed by atoms with E-state index >= 15 is 0 Å². The molecule has 2 atom stereocenters. The van der Waals surface area contributed by atoms with E-state index in [4.69, 9.17) is 0 Å². The van der Waals surface area contributed by atoms with Crippen molar-refractivity contribution >= 4 is 11.9 Å². The minimum atomic E-state index is -0.968. The molecule has 0 radical (unpaired) electrons. The molecule has 2 saturated heterocycles. The number of aliphatic carboxylic acids is 1. The van der Waals surface area contributed by atoms with E-state index in [9.17, 15) is 14.7 Å². The molecule has 20 heavy (non-hydrogen) atoms. The van der Waals surface area contributed by atoms with Crippen LogP contribution in [-0.4, -0.2) is 59.0 Å². The Balaban J connectivity index is 1.99. The van der Waals surface area contributed by atoms with Crippen LogP contribution < -0.4 is 0 Å². The third-order valence-electron chi connectivity index (χ3n) is 5.22. The molecule has 2 aliphatic heterocycles. The molecule has 0 spiro atoms. The molecule has 0 saturated carbocycles. The summed E-state index contributed by atoms with van der Waals surface area (Å²) in [6.07, 6.45) is 2.47. The maximum atomic E-state index is 12.5. The Labute approximate surface area is 120 Å². The van der Waals surface area contributed by atoms with E-state index in [0.717, 1.165) is 32.6 Å². The zero-order valence-electron chi connectivity index (χ0n) is 12.8. The number of carboxylic acids is 1. The molecule has 1 N–H and O–H groups in total. The second-order valence-electron chi connectivity index (χ2n) is 6.73. The number of hydrogen-bond donors (Lipinski definition) is 1. The lowest BCUT2D eigenvalue weighted by Crippen LogP contribution is -2.53. The van der Waals surface area contributed by atoms with E-state index in [1.807, 2.05) is 18.7 Å². The van der Waals surface area contributed by atoms with Gasteiger partial charge in [0.15, 0.2) is 0 Å². The van der Waals surface area contributed by atoms with Crippen LogP contribution in [0.15, 0.2) is 0 Å². The molecule has 5 nitrogen and oxygen atoms in total. The van der Waals surface area contributed by atoms with Gasteiger partial charge in [0.05, 0.1) is 5.41 Å². The number of carbonyl (C=O) groups excluding carboxylic acids is 1. The summed E-state index contributed by atoms with van der Waals surface area (Å²) in [6.45, 7) is 9.01. The number of piperazine rings is 1. The average Bonchev–Trinajstić information content (AvgIpc) is 2.84. The summed E-state index contributed by atoms with van der Waals surface area (Å²) in [6, 6.07) is 0.489. The smallest absolute Gasteiger partial charge is 0.310 e. The van der Waals surface area contributed by atoms with Crippen molar-refractivity contribution in [3.8, 4) is 0 Å². The van der Waals surface area contributed by atoms with Gasteiger partial charge in [0.2, 0.25) is 5.91 Å². The Morgan fingerprint density at radius 1 is 1.30 bits per heavy atom. The molecule has 2 rings (SSSR count). The summed E-state index contributed by atoms with van der Waals surface area (Å²) in [5, 5.41) is 9.42. The molecular formula is C15H26N2O3. The monoisotopic (exact) mass is 282 g/mol. The summed E-state index contributed by atoms with van der Waals surface area (Å²) < 4.78 is 0. The molecule has 2 unspecified atom stereocenters. The molecule has 2 fully saturated rings. The minimum absolute atomic E-state index is 0.00449. The van der Waals surface area contributed by atoms with E-state index in [1.54, 1.807) is 6.92 Å². The fraction of sp³-hybridized carbons (Fsp3) is 0.867. The fourth-order valence-corrected chi connectivity index (χ4v) is 3.17. The van der Waals surface area contributed by atoms with Gasteiger partial charge in [-0.3, -0.25) is 14.5 Å². The zero-order valence-corrected chi connectivity index (χ0v) is 12.8. The molecule has 0 aliphatic carbocycles. The van der Waals surface area contributed by atoms with Gasteiger partial charge < -0.3 is 10.0 Å². The first-order chi connectivity index (χ1) is 9.34. The third-order valence-corrected chi connectivity index (χ3v) is 5.22. The van der Waals surface area contributed by atoms with Crippen LogP contribution in [0.25, 0.3) is 0 Å². The highest BCUT2D eigenvalue weighted by atomic mass is 16.4. The van der Waals surface area contributed by atoms with Gasteiger partial charge in [-0.25, -0.2) is 0 Å². The van der Waals surface area contributed by atoms with Crippen LogP contribution in [0.4, 0.5) is 0 Å². The number of hydrogen-bond acceptors (Lipinski definition) is 3. The maximum Gasteiger partial charge on any atom is 0.310 e. The molecule has 0 aromatic rings. The van der Waals surface area contributed by atoms with E-state index < -0.39 is 11.4 Å². The van der Waals surface area contributed by atoms with Crippen molar-refractivity contribution in [1.82, 2.24) is 9.80 Å². The van der Waals surface area contributed by atoms with Gasteiger partial charge in [-0.15, -0.1) is 0 Å². The first-order valence-electron chi connectivity index (χ1n) is 7.60. The molecule has 2 aliphatic rings. The highest BCUT2D eigenvalue weighted by Crippen LogP contribution is 2.33. The molecule has 114 valence electrons. The Hall–Kier alpha value is -1.10. The number of carboxylic acid groups (broad SMARTS) is 1. The van der Waals surface area contributed by atoms with Crippen LogP contribution >= 0.6 is 0 Å². The molecular weight excluding hydrogens is 256 g/mol. The van der Waals surface area contributed by atoms with Crippen molar-refractivity contribution in [3.05, 3.63) is 0 Å². The van der Waals surface area contributed by atoms with Crippen LogP contribution in [0.3, 0.4) is 0 Å². The lowest BCUT2D eigenvalue weighted by atomic mass is 9.76. The SMILES string of the molecule is CC(C)C(C)(CC(=O)N1CCN2CCCC2C1)C(=O)O. The predicted octanol–water partition coefficient (Wildman–Crippen LogP) is 1.43. The van der Waals surface area contributed by atoms with Crippen LogP contribution in [0, 0.1) is 11.3 Å². The first-order valence-corrected chi connectivity index (χ1v) is 7.60. The van der Waals surface area contributed by atoms with E-state index in [-0.39, 0.29) is 18.2 Å². The molecule has 5 heteroatoms. The summed E-state index contributed by atoms with van der Waals surface area (Å²) in [5.41, 5.74) is -0.968. The highest BCUT2D eigenvalue weighted by molar-refractivity contribution is 5.85. The largest absolute Gasteiger partial charge is 0.481 e. The fourth-order valence-electron chi connectivity index (χ4n) is 3.17. The number of carbonyl (C=O) groups is 2. The van der Waals surface area contributed by atoms with Crippen LogP contribution in [0.2, 0.25) is 0 Å². The lowest BCUT2D eigenvalue weighted by molar-refractivity contribution is -0.156. The van der Waals surface area contributed by atoms with E-state index in [0.29, 0.717) is 6.04 Å². The van der Waals surface area contributed by atoms with Crippen molar-refractivity contribution in [2.75, 3.05) is 26.2 Å². The minimum Gasteiger partial charge on any atom is -0.481 e. The van der Waals surface area contributed by atoms with Gasteiger partial charge in [-0.1, -0.05) is 13.8 Å². The van der Waals surface area contributed by atoms with Crippen LogP contribution in [0.1, 0.15) is 40.0 Å². The van der Waals surface area contributed by atoms with Gasteiger partial charge >= 0.3 is 5.97 Å². The van der Waals surface area contributed by atoms with Crippen molar-refractivity contribution < 1.29 is 14.7 Å². The number of nitrogens with zero attached hydrogens (tertiary/aromatic N) is 2. The second kappa shape index (κ2) is 5.72. The molecule has 0 aromatic heterocycles. The van der Waals surface area contributed by atoms with Crippen molar-refractivity contribution in [2.45, 2.75) is 46.1 Å². The molecule has 1 amide bonds. The van der Waals surface area contributed by atoms with Gasteiger partial charge in [-0.2, -0.15) is 0 Å². The maximum absolute atomic E-state index is 12.5. The Morgan fingerprint density at radius 3 is 2.60 bits per heavy atom. The van der Waals surface area contributed by atoms with Crippen LogP contribution in [-0.2, 0) is 9.59 Å². The molecule has 2 heterocycles. The Morgan fingerprint density at radius 2 is 2.00 bits per heavy atom. The van der Waals surface area contributed by atoms with Gasteiger partial charge in [0, 0.05) is 32.1 Å². The molecule has 0 aromatic carbocycles. The lowest BCUT2D eigenvalue weighted by Gasteiger charge is -2.39. The summed E-state index contributed by atoms with van der Waals surface area (Å²) >= 11 is 0. The average molecular weight is 282 g/mol. The number of rotatable bonds is 4.